The normalized spacial score (nSPS) is 25.5. The van der Waals surface area contributed by atoms with E-state index >= 15 is 0 Å². The maximum absolute atomic E-state index is 12.7. The molecule has 8 atom stereocenters. The van der Waals surface area contributed by atoms with Crippen LogP contribution in [0.15, 0.2) is 11.6 Å². The van der Waals surface area contributed by atoms with Gasteiger partial charge in [-0.3, -0.25) is 14.5 Å². The molecule has 0 aromatic rings. The first-order chi connectivity index (χ1) is 34.5. The van der Waals surface area contributed by atoms with E-state index in [1.807, 2.05) is 0 Å². The lowest BCUT2D eigenvalue weighted by Crippen LogP contribution is -2.51. The minimum atomic E-state index is -0.0567. The van der Waals surface area contributed by atoms with Gasteiger partial charge in [-0.1, -0.05) is 65.5 Å². The molecule has 4 aliphatic rings. The molecule has 0 aromatic heterocycles. The highest BCUT2D eigenvalue weighted by molar-refractivity contribution is 5.76. The van der Waals surface area contributed by atoms with Gasteiger partial charge in [0.05, 0.1) is 118 Å². The number of nitrogens with zero attached hydrogens (tertiary/aromatic N) is 1. The highest BCUT2D eigenvalue weighted by atomic mass is 16.6. The van der Waals surface area contributed by atoms with Gasteiger partial charge in [-0.05, 0) is 97.7 Å². The number of ether oxygens (including phenoxy) is 9. The lowest BCUT2D eigenvalue weighted by Gasteiger charge is -2.58. The number of amides is 2. The second-order valence-corrected chi connectivity index (χ2v) is 21.5. The van der Waals surface area contributed by atoms with E-state index in [1.165, 1.54) is 57.8 Å². The Morgan fingerprint density at radius 3 is 1.63 bits per heavy atom. The molecule has 3 fully saturated rings. The van der Waals surface area contributed by atoms with Gasteiger partial charge in [0, 0.05) is 58.7 Å². The summed E-state index contributed by atoms with van der Waals surface area (Å²) in [5, 5.41) is 6.11. The number of hydrogen-bond acceptors (Lipinski definition) is 14. The van der Waals surface area contributed by atoms with Crippen LogP contribution in [0.4, 0.5) is 0 Å². The smallest absolute Gasteiger partial charge is 0.222 e. The van der Waals surface area contributed by atoms with Gasteiger partial charge in [0.1, 0.15) is 0 Å². The Morgan fingerprint density at radius 2 is 1.13 bits per heavy atom. The van der Waals surface area contributed by atoms with Crippen molar-refractivity contribution >= 4 is 11.8 Å². The average molecular weight is 1010 g/mol. The monoisotopic (exact) mass is 1010 g/mol. The maximum Gasteiger partial charge on any atom is 0.222 e. The molecule has 16 heteroatoms. The molecule has 0 heterocycles. The Labute approximate surface area is 430 Å². The molecule has 71 heavy (non-hydrogen) atoms. The van der Waals surface area contributed by atoms with E-state index in [2.05, 4.69) is 56.2 Å². The number of hydrogen-bond donors (Lipinski definition) is 4. The first-order valence-corrected chi connectivity index (χ1v) is 28.1. The molecule has 0 aromatic carbocycles. The van der Waals surface area contributed by atoms with Crippen LogP contribution in [0.2, 0.25) is 0 Å². The molecule has 0 saturated heterocycles. The molecule has 16 nitrogen and oxygen atoms in total. The molecule has 0 spiro atoms. The van der Waals surface area contributed by atoms with E-state index in [0.717, 1.165) is 48.3 Å². The van der Waals surface area contributed by atoms with E-state index in [0.29, 0.717) is 164 Å². The van der Waals surface area contributed by atoms with Crippen LogP contribution < -0.4 is 22.1 Å². The van der Waals surface area contributed by atoms with Crippen LogP contribution >= 0.6 is 0 Å². The van der Waals surface area contributed by atoms with E-state index in [1.54, 1.807) is 5.57 Å². The van der Waals surface area contributed by atoms with Crippen LogP contribution in [0.1, 0.15) is 118 Å². The fourth-order valence-electron chi connectivity index (χ4n) is 12.4. The molecule has 2 amide bonds. The molecule has 4 rings (SSSR count). The zero-order valence-corrected chi connectivity index (χ0v) is 45.4. The standard InChI is InChI=1S/C55H103N5O11/c1-44(2)7-6-8-45(3)49-11-12-50-48-10-9-46-43-47(13-17-54(46,4)51(48)14-18-55(49,50)5)71-30-25-60(23-21-58-52(61)15-26-63-31-35-67-39-41-69-37-33-65-28-19-56)24-22-59-53(62)16-27-64-32-36-68-40-42-70-38-34-66-29-20-57/h9,44-45,47-51H,6-8,10-43,56-57H2,1-5H3,(H,58,61)(H,59,62). The van der Waals surface area contributed by atoms with Gasteiger partial charge in [0.2, 0.25) is 11.8 Å². The molecule has 4 aliphatic carbocycles. The molecular weight excluding hydrogens is 907 g/mol. The highest BCUT2D eigenvalue weighted by Gasteiger charge is 2.59. The first kappa shape index (κ1) is 61.7. The Kier molecular flexibility index (Phi) is 31.5. The van der Waals surface area contributed by atoms with Crippen molar-refractivity contribution in [2.75, 3.05) is 158 Å². The second-order valence-electron chi connectivity index (χ2n) is 21.5. The molecule has 0 radical (unpaired) electrons. The quantitative estimate of drug-likeness (QED) is 0.0424. The third-order valence-corrected chi connectivity index (χ3v) is 16.2. The Morgan fingerprint density at radius 1 is 0.620 bits per heavy atom. The van der Waals surface area contributed by atoms with Gasteiger partial charge >= 0.3 is 0 Å². The predicted octanol–water partition coefficient (Wildman–Crippen LogP) is 5.78. The summed E-state index contributed by atoms with van der Waals surface area (Å²) >= 11 is 0. The van der Waals surface area contributed by atoms with Crippen molar-refractivity contribution in [1.29, 1.82) is 0 Å². The third kappa shape index (κ3) is 22.9. The maximum atomic E-state index is 12.7. The fraction of sp³-hybridized carbons (Fsp3) is 0.927. The van der Waals surface area contributed by atoms with E-state index in [9.17, 15) is 9.59 Å². The summed E-state index contributed by atoms with van der Waals surface area (Å²) in [7, 11) is 0. The molecule has 0 aliphatic heterocycles. The summed E-state index contributed by atoms with van der Waals surface area (Å²) in [6.45, 7) is 24.6. The number of nitrogens with one attached hydrogen (secondary N) is 2. The summed E-state index contributed by atoms with van der Waals surface area (Å²) in [6, 6.07) is 0. The van der Waals surface area contributed by atoms with Gasteiger partial charge in [0.25, 0.3) is 0 Å². The second kappa shape index (κ2) is 36.2. The minimum Gasteiger partial charge on any atom is -0.379 e. The van der Waals surface area contributed by atoms with Crippen molar-refractivity contribution in [3.63, 3.8) is 0 Å². The van der Waals surface area contributed by atoms with Crippen molar-refractivity contribution in [2.24, 2.45) is 57.8 Å². The predicted molar refractivity (Wildman–Crippen MR) is 279 cm³/mol. The lowest BCUT2D eigenvalue weighted by molar-refractivity contribution is -0.123. The molecule has 0 bridgehead atoms. The fourth-order valence-corrected chi connectivity index (χ4v) is 12.4. The largest absolute Gasteiger partial charge is 0.379 e. The summed E-state index contributed by atoms with van der Waals surface area (Å²) in [5.74, 6) is 4.89. The molecule has 3 saturated carbocycles. The van der Waals surface area contributed by atoms with Crippen molar-refractivity contribution in [3.05, 3.63) is 11.6 Å². The lowest BCUT2D eigenvalue weighted by atomic mass is 9.47. The number of nitrogens with two attached hydrogens (primary N) is 2. The van der Waals surface area contributed by atoms with Crippen LogP contribution in [-0.4, -0.2) is 181 Å². The number of carbonyl (C=O) groups excluding carboxylic acids is 2. The zero-order valence-electron chi connectivity index (χ0n) is 45.4. The zero-order chi connectivity index (χ0) is 51.0. The summed E-state index contributed by atoms with van der Waals surface area (Å²) < 4.78 is 50.5. The third-order valence-electron chi connectivity index (χ3n) is 16.2. The van der Waals surface area contributed by atoms with E-state index in [4.69, 9.17) is 54.1 Å². The van der Waals surface area contributed by atoms with Crippen LogP contribution in [0.3, 0.4) is 0 Å². The van der Waals surface area contributed by atoms with Crippen LogP contribution in [0, 0.1) is 46.3 Å². The average Bonchev–Trinajstić information content (AvgIpc) is 3.71. The van der Waals surface area contributed by atoms with Gasteiger partial charge in [0.15, 0.2) is 0 Å². The van der Waals surface area contributed by atoms with E-state index < -0.39 is 0 Å². The molecule has 414 valence electrons. The number of rotatable bonds is 43. The van der Waals surface area contributed by atoms with Crippen LogP contribution in [-0.2, 0) is 52.2 Å². The Hall–Kier alpha value is -1.80. The van der Waals surface area contributed by atoms with Crippen LogP contribution in [0.5, 0.6) is 0 Å². The Bertz CT molecular complexity index is 1400. The SMILES string of the molecule is CC(C)CCCC(C)C1CCC2C3CC=C4CC(OCCN(CCNC(=O)CCOCCOCCOCCOCCN)CCNC(=O)CCOCCOCCOCCOCCN)CCC4(C)C3CCC12C. The van der Waals surface area contributed by atoms with Gasteiger partial charge in [-0.15, -0.1) is 0 Å². The number of carbonyl (C=O) groups is 2. The van der Waals surface area contributed by atoms with Gasteiger partial charge < -0.3 is 64.7 Å². The number of fused-ring (bicyclic) bond motifs is 5. The van der Waals surface area contributed by atoms with Gasteiger partial charge in [-0.25, -0.2) is 0 Å². The van der Waals surface area contributed by atoms with Crippen LogP contribution in [0.25, 0.3) is 0 Å². The van der Waals surface area contributed by atoms with Crippen molar-refractivity contribution < 1.29 is 52.2 Å². The first-order valence-electron chi connectivity index (χ1n) is 28.1. The topological polar surface area (TPSA) is 197 Å². The Balaban J connectivity index is 1.16. The highest BCUT2D eigenvalue weighted by Crippen LogP contribution is 2.67. The van der Waals surface area contributed by atoms with Crippen molar-refractivity contribution in [1.82, 2.24) is 15.5 Å². The van der Waals surface area contributed by atoms with Crippen molar-refractivity contribution in [3.8, 4) is 0 Å². The molecule has 6 N–H and O–H groups in total. The summed E-state index contributed by atoms with van der Waals surface area (Å²) in [6.07, 6.45) is 17.8. The minimum absolute atomic E-state index is 0.0567. The van der Waals surface area contributed by atoms with Gasteiger partial charge in [-0.2, -0.15) is 0 Å². The summed E-state index contributed by atoms with van der Waals surface area (Å²) in [4.78, 5) is 27.7. The van der Waals surface area contributed by atoms with E-state index in [-0.39, 0.29) is 36.2 Å². The van der Waals surface area contributed by atoms with Crippen molar-refractivity contribution in [2.45, 2.75) is 124 Å². The molecule has 8 unspecified atom stereocenters. The number of allylic oxidation sites excluding steroid dienone is 1. The molecular formula is C55H103N5O11. The summed E-state index contributed by atoms with van der Waals surface area (Å²) in [5.41, 5.74) is 13.3.